The molecule has 2 aromatic heterocycles. The van der Waals surface area contributed by atoms with Crippen LogP contribution in [0.5, 0.6) is 5.75 Å². The van der Waals surface area contributed by atoms with Crippen molar-refractivity contribution in [1.82, 2.24) is 29.4 Å². The molecule has 2 fully saturated rings. The van der Waals surface area contributed by atoms with Crippen LogP contribution in [0.3, 0.4) is 0 Å². The monoisotopic (exact) mass is 522 g/mol. The highest BCUT2D eigenvalue weighted by atomic mass is 35.5. The van der Waals surface area contributed by atoms with Crippen LogP contribution in [0.25, 0.3) is 17.0 Å². The van der Waals surface area contributed by atoms with E-state index in [0.717, 1.165) is 0 Å². The Hall–Kier alpha value is -3.32. The molecular formula is C22H25ClF2N8O3. The Labute approximate surface area is 210 Å². The van der Waals surface area contributed by atoms with E-state index in [4.69, 9.17) is 21.1 Å². The van der Waals surface area contributed by atoms with Gasteiger partial charge in [0.25, 0.3) is 6.43 Å². The molecule has 0 bridgehead atoms. The Bertz CT molecular complexity index is 1250. The van der Waals surface area contributed by atoms with Gasteiger partial charge in [-0.25, -0.2) is 13.8 Å². The zero-order valence-electron chi connectivity index (χ0n) is 19.5. The molecule has 5 rings (SSSR count). The standard InChI is InChI=1S/C22H25ClF2N8O3/c1-35-15-4-2-3-14-17(15)27-19(18(24)25)33(14)22-29-20(26-13-5-6-32(12-13)16(34)11-23)28-21(30-22)31-7-9-36-10-8-31/h2-4,13,18H,5-12H2,1H3,(H,26,28,29,30)/t13-/m0/s1. The molecule has 2 aliphatic heterocycles. The number of carbonyl (C=O) groups excluding carboxylic acids is 1. The zero-order chi connectivity index (χ0) is 25.2. The van der Waals surface area contributed by atoms with Crippen LogP contribution in [0.4, 0.5) is 20.7 Å². The predicted octanol–water partition coefficient (Wildman–Crippen LogP) is 2.24. The smallest absolute Gasteiger partial charge is 0.296 e. The fraction of sp³-hybridized carbons (Fsp3) is 0.500. The third kappa shape index (κ3) is 4.72. The Kier molecular flexibility index (Phi) is 7.01. The lowest BCUT2D eigenvalue weighted by Crippen LogP contribution is -2.38. The second kappa shape index (κ2) is 10.3. The summed E-state index contributed by atoms with van der Waals surface area (Å²) >= 11 is 5.70. The number of para-hydroxylation sites is 1. The maximum absolute atomic E-state index is 14.1. The van der Waals surface area contributed by atoms with Gasteiger partial charge in [-0.1, -0.05) is 6.07 Å². The third-order valence-corrected chi connectivity index (χ3v) is 6.41. The van der Waals surface area contributed by atoms with E-state index in [2.05, 4.69) is 25.3 Å². The molecule has 1 amide bonds. The van der Waals surface area contributed by atoms with Crippen molar-refractivity contribution in [3.8, 4) is 11.7 Å². The van der Waals surface area contributed by atoms with Gasteiger partial charge in [0.2, 0.25) is 23.8 Å². The zero-order valence-corrected chi connectivity index (χ0v) is 20.3. The Morgan fingerprint density at radius 2 is 1.97 bits per heavy atom. The number of likely N-dealkylation sites (tertiary alicyclic amines) is 1. The van der Waals surface area contributed by atoms with Crippen LogP contribution in [0.15, 0.2) is 18.2 Å². The lowest BCUT2D eigenvalue weighted by Gasteiger charge is -2.27. The Morgan fingerprint density at radius 1 is 1.19 bits per heavy atom. The number of nitrogens with one attached hydrogen (secondary N) is 1. The number of morpholine rings is 1. The van der Waals surface area contributed by atoms with Gasteiger partial charge in [0, 0.05) is 32.2 Å². The van der Waals surface area contributed by atoms with Gasteiger partial charge in [-0.15, -0.1) is 11.6 Å². The number of fused-ring (bicyclic) bond motifs is 1. The van der Waals surface area contributed by atoms with Gasteiger partial charge in [-0.05, 0) is 18.6 Å². The lowest BCUT2D eigenvalue weighted by atomic mass is 10.3. The van der Waals surface area contributed by atoms with E-state index in [1.807, 2.05) is 4.90 Å². The number of benzene rings is 1. The van der Waals surface area contributed by atoms with Gasteiger partial charge < -0.3 is 24.6 Å². The van der Waals surface area contributed by atoms with Crippen molar-refractivity contribution in [2.75, 3.05) is 62.6 Å². The quantitative estimate of drug-likeness (QED) is 0.467. The van der Waals surface area contributed by atoms with Gasteiger partial charge in [-0.3, -0.25) is 9.36 Å². The van der Waals surface area contributed by atoms with Crippen LogP contribution >= 0.6 is 11.6 Å². The minimum absolute atomic E-state index is 0.00623. The Balaban J connectivity index is 1.58. The largest absolute Gasteiger partial charge is 0.494 e. The summed E-state index contributed by atoms with van der Waals surface area (Å²) in [5.41, 5.74) is 0.665. The van der Waals surface area contributed by atoms with Gasteiger partial charge in [-0.2, -0.15) is 15.0 Å². The second-order valence-electron chi connectivity index (χ2n) is 8.40. The summed E-state index contributed by atoms with van der Waals surface area (Å²) in [6.07, 6.45) is -2.21. The summed E-state index contributed by atoms with van der Waals surface area (Å²) in [7, 11) is 1.46. The molecule has 0 aliphatic carbocycles. The van der Waals surface area contributed by atoms with Gasteiger partial charge >= 0.3 is 0 Å². The molecule has 14 heteroatoms. The summed E-state index contributed by atoms with van der Waals surface area (Å²) in [5, 5.41) is 3.25. The summed E-state index contributed by atoms with van der Waals surface area (Å²) in [6.45, 7) is 3.08. The van der Waals surface area contributed by atoms with Crippen molar-refractivity contribution in [3.63, 3.8) is 0 Å². The van der Waals surface area contributed by atoms with Crippen molar-refractivity contribution < 1.29 is 23.0 Å². The van der Waals surface area contributed by atoms with Crippen molar-refractivity contribution >= 4 is 40.4 Å². The lowest BCUT2D eigenvalue weighted by molar-refractivity contribution is -0.127. The molecule has 2 aliphatic rings. The summed E-state index contributed by atoms with van der Waals surface area (Å²) in [5.74, 6) is 0.193. The minimum atomic E-state index is -2.88. The number of methoxy groups -OCH3 is 1. The highest BCUT2D eigenvalue weighted by Gasteiger charge is 2.29. The molecule has 0 spiro atoms. The van der Waals surface area contributed by atoms with E-state index >= 15 is 0 Å². The fourth-order valence-corrected chi connectivity index (χ4v) is 4.58. The van der Waals surface area contributed by atoms with E-state index in [1.54, 1.807) is 23.1 Å². The molecule has 0 unspecified atom stereocenters. The first-order valence-corrected chi connectivity index (χ1v) is 12.0. The van der Waals surface area contributed by atoms with E-state index in [0.29, 0.717) is 63.0 Å². The molecule has 1 aromatic carbocycles. The van der Waals surface area contributed by atoms with E-state index < -0.39 is 12.2 Å². The van der Waals surface area contributed by atoms with Gasteiger partial charge in [0.05, 0.1) is 25.8 Å². The number of amides is 1. The number of ether oxygens (including phenoxy) is 2. The number of alkyl halides is 3. The number of hydrogen-bond acceptors (Lipinski definition) is 9. The molecular weight excluding hydrogens is 498 g/mol. The molecule has 36 heavy (non-hydrogen) atoms. The predicted molar refractivity (Wildman–Crippen MR) is 128 cm³/mol. The maximum Gasteiger partial charge on any atom is 0.296 e. The minimum Gasteiger partial charge on any atom is -0.494 e. The number of anilines is 2. The second-order valence-corrected chi connectivity index (χ2v) is 8.66. The number of hydrogen-bond donors (Lipinski definition) is 1. The van der Waals surface area contributed by atoms with Crippen LogP contribution in [0.2, 0.25) is 0 Å². The molecule has 0 radical (unpaired) electrons. The average Bonchev–Trinajstić information content (AvgIpc) is 3.53. The fourth-order valence-electron chi connectivity index (χ4n) is 4.41. The molecule has 1 N–H and O–H groups in total. The number of halogens is 3. The maximum atomic E-state index is 14.1. The molecule has 192 valence electrons. The van der Waals surface area contributed by atoms with Crippen molar-refractivity contribution in [3.05, 3.63) is 24.0 Å². The Morgan fingerprint density at radius 3 is 2.69 bits per heavy atom. The van der Waals surface area contributed by atoms with E-state index in [-0.39, 0.29) is 35.2 Å². The summed E-state index contributed by atoms with van der Waals surface area (Å²) in [6, 6.07) is 4.88. The summed E-state index contributed by atoms with van der Waals surface area (Å²) in [4.78, 5) is 33.3. The van der Waals surface area contributed by atoms with Crippen LogP contribution in [-0.2, 0) is 9.53 Å². The molecule has 3 aromatic rings. The van der Waals surface area contributed by atoms with E-state index in [1.165, 1.54) is 11.7 Å². The van der Waals surface area contributed by atoms with Crippen LogP contribution in [-0.4, -0.2) is 93.7 Å². The number of rotatable bonds is 7. The molecule has 0 saturated carbocycles. The first-order valence-electron chi connectivity index (χ1n) is 11.5. The van der Waals surface area contributed by atoms with Crippen LogP contribution in [0.1, 0.15) is 18.7 Å². The number of nitrogens with zero attached hydrogens (tertiary/aromatic N) is 7. The van der Waals surface area contributed by atoms with Crippen LogP contribution in [0, 0.1) is 0 Å². The topological polar surface area (TPSA) is 111 Å². The first-order chi connectivity index (χ1) is 17.5. The molecule has 2 saturated heterocycles. The van der Waals surface area contributed by atoms with Gasteiger partial charge in [0.1, 0.15) is 17.1 Å². The van der Waals surface area contributed by atoms with Crippen molar-refractivity contribution in [1.29, 1.82) is 0 Å². The van der Waals surface area contributed by atoms with Crippen molar-refractivity contribution in [2.45, 2.75) is 18.9 Å². The number of aromatic nitrogens is 5. The van der Waals surface area contributed by atoms with Crippen molar-refractivity contribution in [2.24, 2.45) is 0 Å². The van der Waals surface area contributed by atoms with Gasteiger partial charge in [0.15, 0.2) is 5.82 Å². The molecule has 11 nitrogen and oxygen atoms in total. The first kappa shape index (κ1) is 24.4. The number of imidazole rings is 1. The highest BCUT2D eigenvalue weighted by Crippen LogP contribution is 2.32. The number of carbonyl (C=O) groups is 1. The normalized spacial score (nSPS) is 18.3. The average molecular weight is 523 g/mol. The highest BCUT2D eigenvalue weighted by molar-refractivity contribution is 6.27. The van der Waals surface area contributed by atoms with Crippen LogP contribution < -0.4 is 15.0 Å². The third-order valence-electron chi connectivity index (χ3n) is 6.18. The molecule has 1 atom stereocenters. The molecule has 4 heterocycles. The SMILES string of the molecule is COc1cccc2c1nc(C(F)F)n2-c1nc(N[C@H]2CCN(C(=O)CCl)C2)nc(N2CCOCC2)n1. The van der Waals surface area contributed by atoms with E-state index in [9.17, 15) is 13.6 Å². The summed E-state index contributed by atoms with van der Waals surface area (Å²) < 4.78 is 40.3.